The fourth-order valence-electron chi connectivity index (χ4n) is 2.35. The number of nitrogens with one attached hydrogen (secondary N) is 1. The molecule has 0 aliphatic rings. The van der Waals surface area contributed by atoms with E-state index in [0.717, 1.165) is 21.0 Å². The Kier molecular flexibility index (Phi) is 5.17. The largest absolute Gasteiger partial charge is 0.322 e. The highest BCUT2D eigenvalue weighted by Crippen LogP contribution is 2.32. The van der Waals surface area contributed by atoms with Crippen LogP contribution in [0.15, 0.2) is 82.6 Å². The first-order chi connectivity index (χ1) is 12.2. The van der Waals surface area contributed by atoms with Gasteiger partial charge in [0.2, 0.25) is 0 Å². The van der Waals surface area contributed by atoms with Gasteiger partial charge in [-0.3, -0.25) is 4.79 Å². The van der Waals surface area contributed by atoms with Crippen molar-refractivity contribution in [2.75, 3.05) is 5.32 Å². The van der Waals surface area contributed by atoms with Crippen molar-refractivity contribution in [3.8, 4) is 6.07 Å². The summed E-state index contributed by atoms with van der Waals surface area (Å²) >= 11 is 1.42. The Morgan fingerprint density at radius 2 is 1.56 bits per heavy atom. The third-order valence-electron chi connectivity index (χ3n) is 3.67. The summed E-state index contributed by atoms with van der Waals surface area (Å²) in [5.74, 6) is -0.165. The first kappa shape index (κ1) is 16.8. The van der Waals surface area contributed by atoms with Gasteiger partial charge in [-0.2, -0.15) is 5.26 Å². The molecular weight excluding hydrogens is 328 g/mol. The first-order valence-electron chi connectivity index (χ1n) is 7.81. The van der Waals surface area contributed by atoms with Gasteiger partial charge >= 0.3 is 0 Å². The van der Waals surface area contributed by atoms with E-state index < -0.39 is 0 Å². The van der Waals surface area contributed by atoms with Gasteiger partial charge < -0.3 is 5.32 Å². The summed E-state index contributed by atoms with van der Waals surface area (Å²) in [6, 6.07) is 24.7. The molecule has 4 heteroatoms. The summed E-state index contributed by atoms with van der Waals surface area (Å²) in [4.78, 5) is 14.3. The summed E-state index contributed by atoms with van der Waals surface area (Å²) in [5.41, 5.74) is 3.08. The monoisotopic (exact) mass is 344 g/mol. The minimum atomic E-state index is -0.165. The lowest BCUT2D eigenvalue weighted by Crippen LogP contribution is -2.12. The van der Waals surface area contributed by atoms with Crippen LogP contribution >= 0.6 is 11.8 Å². The van der Waals surface area contributed by atoms with Crippen molar-refractivity contribution in [2.24, 2.45) is 0 Å². The Labute approximate surface area is 151 Å². The van der Waals surface area contributed by atoms with Crippen LogP contribution in [0.5, 0.6) is 0 Å². The standard InChI is InChI=1S/C21H16N2OS/c1-15-10-12-17(13-11-15)23-21(24)18-7-3-5-9-20(18)25-19-8-4-2-6-16(19)14-22/h2-13H,1H3,(H,23,24). The predicted molar refractivity (Wildman–Crippen MR) is 101 cm³/mol. The minimum absolute atomic E-state index is 0.165. The average molecular weight is 344 g/mol. The van der Waals surface area contributed by atoms with Crippen molar-refractivity contribution in [1.82, 2.24) is 0 Å². The Morgan fingerprint density at radius 1 is 0.920 bits per heavy atom. The Hall–Kier alpha value is -3.03. The quantitative estimate of drug-likeness (QED) is 0.701. The van der Waals surface area contributed by atoms with Crippen LogP contribution in [-0.2, 0) is 0 Å². The fraction of sp³-hybridized carbons (Fsp3) is 0.0476. The van der Waals surface area contributed by atoms with Crippen molar-refractivity contribution >= 4 is 23.4 Å². The van der Waals surface area contributed by atoms with E-state index in [2.05, 4.69) is 11.4 Å². The maximum atomic E-state index is 12.7. The molecule has 0 saturated heterocycles. The molecule has 3 rings (SSSR count). The molecule has 3 aromatic carbocycles. The molecule has 0 saturated carbocycles. The topological polar surface area (TPSA) is 52.9 Å². The number of hydrogen-bond donors (Lipinski definition) is 1. The predicted octanol–water partition coefficient (Wildman–Crippen LogP) is 5.27. The zero-order valence-electron chi connectivity index (χ0n) is 13.7. The second kappa shape index (κ2) is 7.69. The van der Waals surface area contributed by atoms with E-state index >= 15 is 0 Å². The summed E-state index contributed by atoms with van der Waals surface area (Å²) < 4.78 is 0. The Morgan fingerprint density at radius 3 is 2.28 bits per heavy atom. The highest BCUT2D eigenvalue weighted by molar-refractivity contribution is 7.99. The summed E-state index contributed by atoms with van der Waals surface area (Å²) in [6.45, 7) is 2.00. The van der Waals surface area contributed by atoms with E-state index in [9.17, 15) is 10.1 Å². The SMILES string of the molecule is Cc1ccc(NC(=O)c2ccccc2Sc2ccccc2C#N)cc1. The van der Waals surface area contributed by atoms with Gasteiger partial charge in [-0.25, -0.2) is 0 Å². The second-order valence-electron chi connectivity index (χ2n) is 5.53. The molecule has 0 unspecified atom stereocenters. The summed E-state index contributed by atoms with van der Waals surface area (Å²) in [5, 5.41) is 12.2. The molecule has 3 aromatic rings. The molecule has 0 heterocycles. The zero-order chi connectivity index (χ0) is 17.6. The van der Waals surface area contributed by atoms with E-state index in [1.165, 1.54) is 11.8 Å². The number of nitrogens with zero attached hydrogens (tertiary/aromatic N) is 1. The molecule has 0 aliphatic carbocycles. The molecule has 0 aliphatic heterocycles. The van der Waals surface area contributed by atoms with Crippen LogP contribution in [0.3, 0.4) is 0 Å². The van der Waals surface area contributed by atoms with Crippen molar-refractivity contribution in [1.29, 1.82) is 5.26 Å². The van der Waals surface area contributed by atoms with Crippen LogP contribution in [0.2, 0.25) is 0 Å². The van der Waals surface area contributed by atoms with E-state index in [1.54, 1.807) is 12.1 Å². The summed E-state index contributed by atoms with van der Waals surface area (Å²) in [6.07, 6.45) is 0. The number of rotatable bonds is 4. The van der Waals surface area contributed by atoms with Gasteiger partial charge in [-0.05, 0) is 43.3 Å². The first-order valence-corrected chi connectivity index (χ1v) is 8.63. The van der Waals surface area contributed by atoms with Crippen LogP contribution < -0.4 is 5.32 Å². The molecule has 0 fully saturated rings. The number of carbonyl (C=O) groups excluding carboxylic acids is 1. The van der Waals surface area contributed by atoms with Gasteiger partial charge in [0, 0.05) is 15.5 Å². The van der Waals surface area contributed by atoms with Crippen LogP contribution in [-0.4, -0.2) is 5.91 Å². The van der Waals surface area contributed by atoms with Crippen LogP contribution in [0.1, 0.15) is 21.5 Å². The molecular formula is C21H16N2OS. The number of hydrogen-bond acceptors (Lipinski definition) is 3. The minimum Gasteiger partial charge on any atom is -0.322 e. The number of amides is 1. The summed E-state index contributed by atoms with van der Waals surface area (Å²) in [7, 11) is 0. The lowest BCUT2D eigenvalue weighted by atomic mass is 10.2. The van der Waals surface area contributed by atoms with Crippen molar-refractivity contribution in [3.05, 3.63) is 89.5 Å². The lowest BCUT2D eigenvalue weighted by Gasteiger charge is -2.11. The van der Waals surface area contributed by atoms with Gasteiger partial charge in [0.25, 0.3) is 5.91 Å². The maximum absolute atomic E-state index is 12.7. The molecule has 25 heavy (non-hydrogen) atoms. The second-order valence-corrected chi connectivity index (χ2v) is 6.61. The van der Waals surface area contributed by atoms with E-state index in [4.69, 9.17) is 0 Å². The molecule has 3 nitrogen and oxygen atoms in total. The van der Waals surface area contributed by atoms with Crippen molar-refractivity contribution < 1.29 is 4.79 Å². The number of benzene rings is 3. The van der Waals surface area contributed by atoms with Crippen LogP contribution in [0.4, 0.5) is 5.69 Å². The smallest absolute Gasteiger partial charge is 0.256 e. The third-order valence-corrected chi connectivity index (χ3v) is 4.82. The normalized spacial score (nSPS) is 10.1. The number of anilines is 1. The van der Waals surface area contributed by atoms with Gasteiger partial charge in [0.05, 0.1) is 11.1 Å². The van der Waals surface area contributed by atoms with Gasteiger partial charge in [0.1, 0.15) is 6.07 Å². The Bertz CT molecular complexity index is 943. The molecule has 0 bridgehead atoms. The van der Waals surface area contributed by atoms with Gasteiger partial charge in [0.15, 0.2) is 0 Å². The van der Waals surface area contributed by atoms with Crippen molar-refractivity contribution in [3.63, 3.8) is 0 Å². The van der Waals surface area contributed by atoms with E-state index in [-0.39, 0.29) is 5.91 Å². The molecule has 0 aromatic heterocycles. The van der Waals surface area contributed by atoms with Gasteiger partial charge in [-0.15, -0.1) is 0 Å². The van der Waals surface area contributed by atoms with Crippen LogP contribution in [0, 0.1) is 18.3 Å². The average Bonchev–Trinajstić information content (AvgIpc) is 2.64. The molecule has 0 spiro atoms. The van der Waals surface area contributed by atoms with E-state index in [0.29, 0.717) is 11.1 Å². The number of aryl methyl sites for hydroxylation is 1. The van der Waals surface area contributed by atoms with Crippen molar-refractivity contribution in [2.45, 2.75) is 16.7 Å². The van der Waals surface area contributed by atoms with Gasteiger partial charge in [-0.1, -0.05) is 53.7 Å². The molecule has 0 atom stereocenters. The van der Waals surface area contributed by atoms with E-state index in [1.807, 2.05) is 67.6 Å². The molecule has 0 radical (unpaired) electrons. The number of carbonyl (C=O) groups is 1. The third kappa shape index (κ3) is 4.09. The zero-order valence-corrected chi connectivity index (χ0v) is 14.5. The molecule has 122 valence electrons. The van der Waals surface area contributed by atoms with Crippen LogP contribution in [0.25, 0.3) is 0 Å². The molecule has 1 amide bonds. The lowest BCUT2D eigenvalue weighted by molar-refractivity contribution is 0.102. The molecule has 1 N–H and O–H groups in total. The number of nitriles is 1. The highest BCUT2D eigenvalue weighted by Gasteiger charge is 2.13. The Balaban J connectivity index is 1.86. The maximum Gasteiger partial charge on any atom is 0.256 e. The highest BCUT2D eigenvalue weighted by atomic mass is 32.2. The fourth-order valence-corrected chi connectivity index (χ4v) is 3.37.